The summed E-state index contributed by atoms with van der Waals surface area (Å²) >= 11 is -2.88. The first-order chi connectivity index (χ1) is 8.85. The van der Waals surface area contributed by atoms with Gasteiger partial charge in [-0.25, -0.2) is 0 Å². The van der Waals surface area contributed by atoms with Crippen molar-refractivity contribution in [3.63, 3.8) is 0 Å². The zero-order valence-corrected chi connectivity index (χ0v) is 16.2. The van der Waals surface area contributed by atoms with Gasteiger partial charge < -0.3 is 0 Å². The van der Waals surface area contributed by atoms with Crippen molar-refractivity contribution in [3.8, 4) is 0 Å². The van der Waals surface area contributed by atoms with Crippen LogP contribution in [-0.2, 0) is 21.1 Å². The van der Waals surface area contributed by atoms with Crippen LogP contribution in [0.3, 0.4) is 0 Å². The number of hydrogen-bond acceptors (Lipinski definition) is 3. The summed E-state index contributed by atoms with van der Waals surface area (Å²) in [4.78, 5) is 0. The van der Waals surface area contributed by atoms with E-state index in [4.69, 9.17) is 0 Å². The van der Waals surface area contributed by atoms with Crippen LogP contribution in [0.5, 0.6) is 0 Å². The Kier molecular flexibility index (Phi) is 6.19. The van der Waals surface area contributed by atoms with Gasteiger partial charge in [0.15, 0.2) is 0 Å². The standard InChI is InChI=1S/C9H13.3C2H6N.Zr/c1-2-3-6-9-7-4-5-8-9;3*1-3-2;/h4-5,7-8H,2-3,6H2,1H3;3*1-2H3;/q;3*-1;+3. The van der Waals surface area contributed by atoms with Crippen molar-refractivity contribution in [2.75, 3.05) is 42.3 Å². The van der Waals surface area contributed by atoms with Crippen LogP contribution in [0.1, 0.15) is 26.2 Å². The van der Waals surface area contributed by atoms with E-state index in [-0.39, 0.29) is 3.12 Å². The van der Waals surface area contributed by atoms with Gasteiger partial charge in [-0.15, -0.1) is 0 Å². The second kappa shape index (κ2) is 6.80. The third-order valence-corrected chi connectivity index (χ3v) is 18.0. The SMILES string of the molecule is CCCC[C]1([Zr]([N](C)C)([N](C)C)[N](C)C)C=CC=C1. The monoisotopic (exact) mass is 343 g/mol. The first kappa shape index (κ1) is 17.3. The Bertz CT molecular complexity index is 312. The molecule has 1 aliphatic carbocycles. The molecule has 0 saturated carbocycles. The summed E-state index contributed by atoms with van der Waals surface area (Å²) in [6.07, 6.45) is 13.3. The average molecular weight is 345 g/mol. The fourth-order valence-electron chi connectivity index (χ4n) is 3.99. The van der Waals surface area contributed by atoms with Gasteiger partial charge in [-0.3, -0.25) is 0 Å². The molecule has 4 heteroatoms. The molecule has 0 fully saturated rings. The Morgan fingerprint density at radius 3 is 1.58 bits per heavy atom. The molecule has 110 valence electrons. The second-order valence-electron chi connectivity index (χ2n) is 6.18. The molecule has 0 heterocycles. The first-order valence-electron chi connectivity index (χ1n) is 7.24. The fourth-order valence-corrected chi connectivity index (χ4v) is 18.9. The predicted octanol–water partition coefficient (Wildman–Crippen LogP) is 3.05. The van der Waals surface area contributed by atoms with E-state index in [0.717, 1.165) is 0 Å². The minimum atomic E-state index is -2.88. The van der Waals surface area contributed by atoms with E-state index in [0.29, 0.717) is 0 Å². The van der Waals surface area contributed by atoms with E-state index in [1.165, 1.54) is 19.3 Å². The van der Waals surface area contributed by atoms with Crippen LogP contribution in [0.2, 0.25) is 3.12 Å². The number of unbranched alkanes of at least 4 members (excludes halogenated alkanes) is 1. The summed E-state index contributed by atoms with van der Waals surface area (Å²) < 4.78 is 7.89. The van der Waals surface area contributed by atoms with Gasteiger partial charge in [0.1, 0.15) is 0 Å². The van der Waals surface area contributed by atoms with Crippen LogP contribution < -0.4 is 0 Å². The van der Waals surface area contributed by atoms with E-state index < -0.39 is 21.1 Å². The molecule has 0 aromatic heterocycles. The Labute approximate surface area is 125 Å². The van der Waals surface area contributed by atoms with E-state index in [1.54, 1.807) is 0 Å². The maximum absolute atomic E-state index is 2.88. The van der Waals surface area contributed by atoms with Crippen LogP contribution in [0.4, 0.5) is 0 Å². The number of nitrogens with zero attached hydrogens (tertiary/aromatic N) is 3. The van der Waals surface area contributed by atoms with E-state index >= 15 is 0 Å². The molecule has 0 spiro atoms. The van der Waals surface area contributed by atoms with Crippen LogP contribution in [0.25, 0.3) is 0 Å². The van der Waals surface area contributed by atoms with Gasteiger partial charge in [0, 0.05) is 0 Å². The van der Waals surface area contributed by atoms with Gasteiger partial charge in [-0.2, -0.15) is 0 Å². The van der Waals surface area contributed by atoms with Gasteiger partial charge in [-0.1, -0.05) is 0 Å². The van der Waals surface area contributed by atoms with Crippen molar-refractivity contribution < 1.29 is 21.1 Å². The summed E-state index contributed by atoms with van der Waals surface area (Å²) in [7, 11) is 13.6. The molecule has 0 aromatic carbocycles. The molecule has 0 aliphatic heterocycles. The van der Waals surface area contributed by atoms with Crippen LogP contribution >= 0.6 is 0 Å². The molecule has 0 aromatic rings. The van der Waals surface area contributed by atoms with Crippen molar-refractivity contribution >= 4 is 0 Å². The molecular weight excluding hydrogens is 313 g/mol. The zero-order chi connectivity index (χ0) is 14.7. The van der Waals surface area contributed by atoms with Gasteiger partial charge in [0.05, 0.1) is 0 Å². The average Bonchev–Trinajstić information content (AvgIpc) is 2.75. The summed E-state index contributed by atoms with van der Waals surface area (Å²) in [5.41, 5.74) is 0. The Morgan fingerprint density at radius 1 is 0.842 bits per heavy atom. The molecule has 0 N–H and O–H groups in total. The summed E-state index contributed by atoms with van der Waals surface area (Å²) in [5.74, 6) is 0. The summed E-state index contributed by atoms with van der Waals surface area (Å²) in [5, 5.41) is 0. The minimum absolute atomic E-state index is 0.251. The third kappa shape index (κ3) is 2.83. The second-order valence-corrected chi connectivity index (χ2v) is 18.2. The zero-order valence-electron chi connectivity index (χ0n) is 13.8. The number of hydrogen-bond donors (Lipinski definition) is 0. The molecule has 0 saturated heterocycles. The molecule has 0 unspecified atom stereocenters. The Morgan fingerprint density at radius 2 is 1.26 bits per heavy atom. The quantitative estimate of drug-likeness (QED) is 0.703. The van der Waals surface area contributed by atoms with Gasteiger partial charge in [0.2, 0.25) is 0 Å². The first-order valence-corrected chi connectivity index (χ1v) is 11.8. The Balaban J connectivity index is 3.34. The van der Waals surface area contributed by atoms with Crippen LogP contribution in [-0.4, -0.2) is 50.8 Å². The van der Waals surface area contributed by atoms with Gasteiger partial charge in [-0.05, 0) is 0 Å². The maximum atomic E-state index is 2.55. The van der Waals surface area contributed by atoms with Crippen molar-refractivity contribution in [1.29, 1.82) is 0 Å². The number of allylic oxidation sites excluding steroid dienone is 4. The summed E-state index contributed by atoms with van der Waals surface area (Å²) in [6, 6.07) is 0. The Hall–Kier alpha value is 0.243. The molecule has 1 aliphatic rings. The molecular formula is C15H31N3Zr. The van der Waals surface area contributed by atoms with E-state index in [2.05, 4.69) is 82.0 Å². The topological polar surface area (TPSA) is 9.72 Å². The molecule has 0 radical (unpaired) electrons. The molecule has 1 rings (SSSR count). The summed E-state index contributed by atoms with van der Waals surface area (Å²) in [6.45, 7) is 2.29. The van der Waals surface area contributed by atoms with Crippen molar-refractivity contribution in [1.82, 2.24) is 8.53 Å². The molecule has 0 atom stereocenters. The van der Waals surface area contributed by atoms with Gasteiger partial charge >= 0.3 is 126 Å². The molecule has 3 nitrogen and oxygen atoms in total. The van der Waals surface area contributed by atoms with E-state index in [9.17, 15) is 0 Å². The number of rotatable bonds is 7. The van der Waals surface area contributed by atoms with Crippen LogP contribution in [0, 0.1) is 0 Å². The van der Waals surface area contributed by atoms with Crippen molar-refractivity contribution in [3.05, 3.63) is 24.3 Å². The molecule has 0 amide bonds. The van der Waals surface area contributed by atoms with E-state index in [1.807, 2.05) is 0 Å². The van der Waals surface area contributed by atoms with Crippen molar-refractivity contribution in [2.45, 2.75) is 29.3 Å². The third-order valence-electron chi connectivity index (χ3n) is 4.34. The van der Waals surface area contributed by atoms with Gasteiger partial charge in [0.25, 0.3) is 0 Å². The normalized spacial score (nSPS) is 18.2. The fraction of sp³-hybridized carbons (Fsp3) is 0.733. The van der Waals surface area contributed by atoms with Crippen molar-refractivity contribution in [2.24, 2.45) is 0 Å². The van der Waals surface area contributed by atoms with Crippen LogP contribution in [0.15, 0.2) is 24.3 Å². The molecule has 19 heavy (non-hydrogen) atoms. The predicted molar refractivity (Wildman–Crippen MR) is 81.6 cm³/mol. The molecule has 0 bridgehead atoms.